The first kappa shape index (κ1) is 33.6. The van der Waals surface area contributed by atoms with E-state index in [0.29, 0.717) is 21.2 Å². The van der Waals surface area contributed by atoms with Gasteiger partial charge in [-0.1, -0.05) is 0 Å². The molecule has 0 heterocycles. The van der Waals surface area contributed by atoms with E-state index in [1.807, 2.05) is 0 Å². The fourth-order valence-corrected chi connectivity index (χ4v) is 28.8. The Bertz CT molecular complexity index is 1420. The SMILES string of the molecule is CC(C)CCC[C@@H](C)[C@H]1CC[C@H]2[C@@H]3[C@H]([Sn]([c]4ccccc4)([c]4ccccc4)[c]4ccccc4)C=C4C[C@@H](O)CC[C@]4(C)[C@H]3CC[C@]12C. The number of aliphatic hydroxyl groups is 1. The van der Waals surface area contributed by atoms with Gasteiger partial charge in [-0.25, -0.2) is 0 Å². The van der Waals surface area contributed by atoms with E-state index in [1.165, 1.54) is 44.9 Å². The van der Waals surface area contributed by atoms with E-state index in [9.17, 15) is 5.11 Å². The van der Waals surface area contributed by atoms with Crippen LogP contribution in [0.5, 0.6) is 0 Å². The molecule has 3 aromatic rings. The number of aliphatic hydroxyl groups excluding tert-OH is 1. The van der Waals surface area contributed by atoms with Crippen molar-refractivity contribution in [1.29, 1.82) is 0 Å². The van der Waals surface area contributed by atoms with E-state index in [0.717, 1.165) is 42.9 Å². The van der Waals surface area contributed by atoms with Crippen LogP contribution < -0.4 is 10.7 Å². The Kier molecular flexibility index (Phi) is 9.64. The number of hydrogen-bond donors (Lipinski definition) is 1. The Hall–Kier alpha value is -1.84. The number of rotatable bonds is 9. The van der Waals surface area contributed by atoms with Crippen molar-refractivity contribution in [1.82, 2.24) is 0 Å². The predicted octanol–water partition coefficient (Wildman–Crippen LogP) is 9.54. The van der Waals surface area contributed by atoms with Gasteiger partial charge in [0, 0.05) is 0 Å². The van der Waals surface area contributed by atoms with Crippen molar-refractivity contribution in [3.63, 3.8) is 0 Å². The third-order valence-corrected chi connectivity index (χ3v) is 29.6. The van der Waals surface area contributed by atoms with Crippen LogP contribution in [-0.2, 0) is 0 Å². The summed E-state index contributed by atoms with van der Waals surface area (Å²) in [5, 5.41) is 11.2. The van der Waals surface area contributed by atoms with Crippen LogP contribution in [0.4, 0.5) is 0 Å². The van der Waals surface area contributed by atoms with E-state index in [-0.39, 0.29) is 11.5 Å². The van der Waals surface area contributed by atoms with Crippen molar-refractivity contribution in [2.75, 3.05) is 0 Å². The Balaban J connectivity index is 1.44. The summed E-state index contributed by atoms with van der Waals surface area (Å²) < 4.78 is 5.37. The first-order chi connectivity index (χ1) is 22.7. The molecule has 0 aromatic heterocycles. The molecule has 250 valence electrons. The minimum absolute atomic E-state index is 0.197. The van der Waals surface area contributed by atoms with E-state index < -0.39 is 18.4 Å². The Morgan fingerprint density at radius 1 is 0.702 bits per heavy atom. The maximum atomic E-state index is 11.2. The van der Waals surface area contributed by atoms with Crippen molar-refractivity contribution in [3.8, 4) is 0 Å². The normalized spacial score (nSPS) is 34.2. The van der Waals surface area contributed by atoms with Gasteiger partial charge in [0.1, 0.15) is 0 Å². The molecule has 7 rings (SSSR count). The Morgan fingerprint density at radius 3 is 1.83 bits per heavy atom. The molecule has 0 spiro atoms. The molecule has 0 aliphatic heterocycles. The van der Waals surface area contributed by atoms with Crippen molar-refractivity contribution in [2.45, 2.75) is 109 Å². The summed E-state index contributed by atoms with van der Waals surface area (Å²) in [5.74, 6) is 4.58. The third-order valence-electron chi connectivity index (χ3n) is 14.5. The molecule has 4 aliphatic rings. The summed E-state index contributed by atoms with van der Waals surface area (Å²) in [7, 11) is 0. The van der Waals surface area contributed by atoms with Crippen molar-refractivity contribution in [2.24, 2.45) is 46.3 Å². The standard InChI is InChI=1S/C27H45O.3C6H5.Sn/c1-18(2)7-6-8-19(3)23-11-12-24-22-10-9-20-17-21(28)13-15-26(20,4)25(22)14-16-27(23,24)5;3*1-2-4-6-5-3-1;/h9-10,18-19,21-25,28H,6-8,11-17H2,1-5H3;3*1-5H;/t19-,21+,22+,23-,24+,25+,26+,27-;;;;/m1..../s1. The molecule has 0 saturated heterocycles. The van der Waals surface area contributed by atoms with Crippen LogP contribution in [0.15, 0.2) is 103 Å². The molecular formula is C45H60OSn. The van der Waals surface area contributed by atoms with Gasteiger partial charge in [0.05, 0.1) is 0 Å². The topological polar surface area (TPSA) is 20.2 Å². The molecular weight excluding hydrogens is 675 g/mol. The minimum atomic E-state index is -3.76. The summed E-state index contributed by atoms with van der Waals surface area (Å²) in [6, 6.07) is 35.5. The third kappa shape index (κ3) is 5.72. The van der Waals surface area contributed by atoms with E-state index >= 15 is 0 Å². The van der Waals surface area contributed by atoms with Gasteiger partial charge in [-0.2, -0.15) is 0 Å². The van der Waals surface area contributed by atoms with Crippen LogP contribution >= 0.6 is 0 Å². The summed E-state index contributed by atoms with van der Waals surface area (Å²) in [6.45, 7) is 12.8. The summed E-state index contributed by atoms with van der Waals surface area (Å²) in [4.78, 5) is 0. The zero-order valence-electron chi connectivity index (χ0n) is 29.9. The Labute approximate surface area is 290 Å². The predicted molar refractivity (Wildman–Crippen MR) is 202 cm³/mol. The molecule has 2 heteroatoms. The molecule has 0 unspecified atom stereocenters. The molecule has 3 fully saturated rings. The summed E-state index contributed by atoms with van der Waals surface area (Å²) >= 11 is -3.76. The Morgan fingerprint density at radius 2 is 1.28 bits per heavy atom. The van der Waals surface area contributed by atoms with Gasteiger partial charge >= 0.3 is 292 Å². The van der Waals surface area contributed by atoms with E-state index in [1.54, 1.807) is 16.3 Å². The first-order valence-electron chi connectivity index (χ1n) is 19.3. The molecule has 4 aliphatic carbocycles. The number of hydrogen-bond acceptors (Lipinski definition) is 1. The second-order valence-corrected chi connectivity index (χ2v) is 28.7. The average Bonchev–Trinajstić information content (AvgIpc) is 3.44. The van der Waals surface area contributed by atoms with Crippen molar-refractivity contribution < 1.29 is 5.11 Å². The quantitative estimate of drug-likeness (QED) is 0.172. The molecule has 0 radical (unpaired) electrons. The van der Waals surface area contributed by atoms with Gasteiger partial charge in [-0.15, -0.1) is 0 Å². The van der Waals surface area contributed by atoms with Gasteiger partial charge in [0.15, 0.2) is 0 Å². The molecule has 0 bridgehead atoms. The van der Waals surface area contributed by atoms with Crippen LogP contribution in [-0.4, -0.2) is 29.6 Å². The van der Waals surface area contributed by atoms with Crippen molar-refractivity contribution in [3.05, 3.63) is 103 Å². The molecule has 0 amide bonds. The van der Waals surface area contributed by atoms with Crippen molar-refractivity contribution >= 4 is 29.1 Å². The number of allylic oxidation sites excluding steroid dienone is 1. The molecule has 47 heavy (non-hydrogen) atoms. The van der Waals surface area contributed by atoms with Crippen LogP contribution in [0.2, 0.25) is 3.93 Å². The fourth-order valence-electron chi connectivity index (χ4n) is 12.3. The number of fused-ring (bicyclic) bond motifs is 5. The van der Waals surface area contributed by atoms with Crippen LogP contribution in [0.1, 0.15) is 98.8 Å². The van der Waals surface area contributed by atoms with Gasteiger partial charge in [-0.05, 0) is 0 Å². The first-order valence-corrected chi connectivity index (χ1v) is 25.2. The van der Waals surface area contributed by atoms with Gasteiger partial charge < -0.3 is 0 Å². The summed E-state index contributed by atoms with van der Waals surface area (Å²) in [5.41, 5.74) is 2.23. The molecule has 3 aromatic carbocycles. The van der Waals surface area contributed by atoms with Gasteiger partial charge in [0.25, 0.3) is 0 Å². The van der Waals surface area contributed by atoms with Gasteiger partial charge in [-0.3, -0.25) is 0 Å². The maximum absolute atomic E-state index is 11.2. The second kappa shape index (κ2) is 13.5. The van der Waals surface area contributed by atoms with E-state index in [2.05, 4.69) is 132 Å². The summed E-state index contributed by atoms with van der Waals surface area (Å²) in [6.07, 6.45) is 15.4. The molecule has 1 nitrogen and oxygen atoms in total. The monoisotopic (exact) mass is 736 g/mol. The van der Waals surface area contributed by atoms with Crippen LogP contribution in [0.25, 0.3) is 0 Å². The zero-order chi connectivity index (χ0) is 32.8. The average molecular weight is 736 g/mol. The zero-order valence-corrected chi connectivity index (χ0v) is 32.7. The second-order valence-electron chi connectivity index (χ2n) is 17.3. The molecule has 1 N–H and O–H groups in total. The number of benzene rings is 3. The van der Waals surface area contributed by atoms with E-state index in [4.69, 9.17) is 0 Å². The van der Waals surface area contributed by atoms with Crippen LogP contribution in [0.3, 0.4) is 0 Å². The fraction of sp³-hybridized carbons (Fsp3) is 0.556. The van der Waals surface area contributed by atoms with Gasteiger partial charge in [0.2, 0.25) is 0 Å². The molecule has 3 saturated carbocycles. The van der Waals surface area contributed by atoms with Crippen LogP contribution in [0, 0.1) is 46.3 Å². The molecule has 9 atom stereocenters.